The lowest BCUT2D eigenvalue weighted by atomic mass is 9.75. The molecule has 17 heteroatoms. The first-order chi connectivity index (χ1) is 37.0. The second kappa shape index (κ2) is 27.8. The molecule has 1 spiro atoms. The number of hydrazine groups is 1. The molecule has 78 heavy (non-hydrogen) atoms. The van der Waals surface area contributed by atoms with Gasteiger partial charge < -0.3 is 50.2 Å². The third-order valence-corrected chi connectivity index (χ3v) is 17.1. The van der Waals surface area contributed by atoms with E-state index in [1.807, 2.05) is 52.0 Å². The van der Waals surface area contributed by atoms with E-state index < -0.39 is 95.5 Å². The van der Waals surface area contributed by atoms with Crippen LogP contribution in [-0.4, -0.2) is 124 Å². The Hall–Kier alpha value is -5.17. The number of nitrogens with zero attached hydrogens (tertiary/aromatic N) is 1. The number of cyclic esters (lactones) is 1. The number of benzene rings is 1. The van der Waals surface area contributed by atoms with Crippen molar-refractivity contribution in [3.05, 3.63) is 89.6 Å². The zero-order valence-corrected chi connectivity index (χ0v) is 48.0. The molecule has 0 aliphatic carbocycles. The van der Waals surface area contributed by atoms with Gasteiger partial charge in [-0.2, -0.15) is 0 Å². The van der Waals surface area contributed by atoms with Gasteiger partial charge in [0.2, 0.25) is 17.7 Å². The Kier molecular flexibility index (Phi) is 22.1. The summed E-state index contributed by atoms with van der Waals surface area (Å²) in [6.45, 7) is 19.6. The van der Waals surface area contributed by atoms with Crippen molar-refractivity contribution in [2.24, 2.45) is 41.4 Å². The predicted molar refractivity (Wildman–Crippen MR) is 297 cm³/mol. The first kappa shape index (κ1) is 62.0. The van der Waals surface area contributed by atoms with E-state index >= 15 is 0 Å². The normalized spacial score (nSPS) is 35.8. The number of fused-ring (bicyclic) bond motifs is 3. The van der Waals surface area contributed by atoms with Gasteiger partial charge in [0.25, 0.3) is 5.91 Å². The summed E-state index contributed by atoms with van der Waals surface area (Å²) >= 11 is 0. The van der Waals surface area contributed by atoms with Crippen molar-refractivity contribution in [2.45, 2.75) is 200 Å². The van der Waals surface area contributed by atoms with Crippen LogP contribution >= 0.6 is 0 Å². The molecule has 7 N–H and O–H groups in total. The minimum Gasteiger partial charge on any atom is -0.508 e. The maximum atomic E-state index is 14.6. The highest BCUT2D eigenvalue weighted by Crippen LogP contribution is 2.43. The highest BCUT2D eigenvalue weighted by Gasteiger charge is 2.51. The number of rotatable bonds is 13. The van der Waals surface area contributed by atoms with E-state index in [0.29, 0.717) is 50.5 Å². The molecule has 3 saturated heterocycles. The average Bonchev–Trinajstić information content (AvgIpc) is 3.41. The lowest BCUT2D eigenvalue weighted by Crippen LogP contribution is -2.64. The van der Waals surface area contributed by atoms with E-state index in [1.54, 1.807) is 58.1 Å². The van der Waals surface area contributed by atoms with Crippen molar-refractivity contribution in [1.82, 2.24) is 26.4 Å². The molecule has 6 rings (SSSR count). The maximum Gasteiger partial charge on any atom is 0.325 e. The van der Waals surface area contributed by atoms with Gasteiger partial charge in [-0.1, -0.05) is 109 Å². The number of aromatic hydroxyl groups is 1. The number of ether oxygens (including phenoxy) is 4. The molecule has 1 aromatic rings. The number of methoxy groups -OCH3 is 1. The Morgan fingerprint density at radius 1 is 1.01 bits per heavy atom. The van der Waals surface area contributed by atoms with Crippen LogP contribution in [0.15, 0.2) is 84.0 Å². The molecule has 0 saturated carbocycles. The van der Waals surface area contributed by atoms with Crippen LogP contribution in [0.25, 0.3) is 0 Å². The van der Waals surface area contributed by atoms with Crippen molar-refractivity contribution >= 4 is 29.6 Å². The lowest BCUT2D eigenvalue weighted by Gasteiger charge is -2.51. The van der Waals surface area contributed by atoms with Gasteiger partial charge >= 0.3 is 5.97 Å². The number of amides is 4. The Balaban J connectivity index is 1.20. The molecule has 0 radical (unpaired) electrons. The number of phenolic OH excluding ortho intramolecular Hbond substituents is 1. The molecule has 0 aromatic heterocycles. The number of aliphatic hydroxyl groups is 2. The van der Waals surface area contributed by atoms with Gasteiger partial charge in [0.15, 0.2) is 11.5 Å². The number of allylic oxidation sites excluding steroid dienone is 5. The molecular formula is C61H91N5O12. The number of nitrogens with one attached hydrogen (secondary N) is 4. The van der Waals surface area contributed by atoms with Gasteiger partial charge in [0.05, 0.1) is 30.3 Å². The molecule has 1 aromatic carbocycles. The highest BCUT2D eigenvalue weighted by atomic mass is 16.7. The molecule has 5 aliphatic heterocycles. The van der Waals surface area contributed by atoms with E-state index in [-0.39, 0.29) is 60.8 Å². The number of carbonyl (C=O) groups excluding carboxylic acids is 5. The van der Waals surface area contributed by atoms with E-state index in [9.17, 15) is 39.3 Å². The lowest BCUT2D eigenvalue weighted by molar-refractivity contribution is -0.280. The number of phenols is 1. The van der Waals surface area contributed by atoms with Crippen molar-refractivity contribution < 1.29 is 58.2 Å². The molecular weight excluding hydrogens is 995 g/mol. The van der Waals surface area contributed by atoms with Crippen molar-refractivity contribution in [2.75, 3.05) is 13.7 Å². The van der Waals surface area contributed by atoms with Gasteiger partial charge in [0, 0.05) is 63.0 Å². The third kappa shape index (κ3) is 15.6. The molecule has 432 valence electrons. The summed E-state index contributed by atoms with van der Waals surface area (Å²) < 4.78 is 25.2. The minimum atomic E-state index is -1.16. The van der Waals surface area contributed by atoms with Crippen molar-refractivity contribution in [1.29, 1.82) is 0 Å². The van der Waals surface area contributed by atoms with Crippen LogP contribution in [0.4, 0.5) is 0 Å². The molecule has 0 unspecified atom stereocenters. The summed E-state index contributed by atoms with van der Waals surface area (Å²) in [5.74, 6) is -4.79. The summed E-state index contributed by atoms with van der Waals surface area (Å²) in [5, 5.41) is 43.8. The maximum absolute atomic E-state index is 14.6. The Morgan fingerprint density at radius 2 is 1.77 bits per heavy atom. The molecule has 16 atom stereocenters. The van der Waals surface area contributed by atoms with Crippen LogP contribution in [0.2, 0.25) is 0 Å². The number of hydrogen-bond donors (Lipinski definition) is 7. The summed E-state index contributed by atoms with van der Waals surface area (Å²) in [7, 11) is 1.53. The topological polar surface area (TPSA) is 234 Å². The van der Waals surface area contributed by atoms with Crippen molar-refractivity contribution in [3.8, 4) is 5.75 Å². The number of aliphatic hydroxyl groups excluding tert-OH is 2. The SMILES string of the molecule is CC[C@H]1C[C@H](C)[C@@]2(NC1=O)O[C@@H](C[C@H](O)[C@@H](C)CC/C=C/C=C(\C)[C@@H]1C/C=C/C=C/[C@H](O)[C@H](C)[C@H]3O[C@](C)(OC)CC[C@H]3C(=O)N[C@@H](C(C)C)C(=O)N[C@@H](Cc3cccc(O)c3)C(=O)N3CCC[C@H](N3)C(=O)O1)[C@H](C)C=C2C. The molecule has 5 aliphatic rings. The van der Waals surface area contributed by atoms with Crippen molar-refractivity contribution in [3.63, 3.8) is 0 Å². The summed E-state index contributed by atoms with van der Waals surface area (Å²) in [6.07, 6.45) is 16.7. The van der Waals surface area contributed by atoms with Crippen LogP contribution in [0, 0.1) is 41.4 Å². The van der Waals surface area contributed by atoms with Crippen LogP contribution in [0.3, 0.4) is 0 Å². The zero-order valence-electron chi connectivity index (χ0n) is 48.0. The van der Waals surface area contributed by atoms with Gasteiger partial charge in [0.1, 0.15) is 30.0 Å². The Labute approximate surface area is 463 Å². The molecule has 5 heterocycles. The molecule has 17 nitrogen and oxygen atoms in total. The summed E-state index contributed by atoms with van der Waals surface area (Å²) in [4.78, 5) is 70.5. The van der Waals surface area contributed by atoms with Crippen LogP contribution in [-0.2, 0) is 49.3 Å². The second-order valence-electron chi connectivity index (χ2n) is 23.4. The third-order valence-electron chi connectivity index (χ3n) is 17.1. The quantitative estimate of drug-likeness (QED) is 0.0591. The number of esters is 1. The smallest absolute Gasteiger partial charge is 0.325 e. The standard InChI is InChI=1S/C61H91N5O12/c1-12-44-32-41(8)61(64-55(44)70)40(7)31-39(6)52(77-61)35-50(69)37(4)21-15-13-16-22-38(5)51-27-18-14-17-26-49(68)42(9)54-46(28-29-60(10,75-11)78-54)56(71)63-53(36(2)3)57(72)62-48(34-43-23-19-24-45(67)33-43)58(73)66-30-20-25-47(65-66)59(74)76-51/h13-14,16-19,22-24,26,31,33,36-37,39,41-42,44,46-54,65,67-69H,12,15,20-21,25,27-30,32,34-35H2,1-11H3,(H,62,72)(H,63,71)(H,64,70)/b16-13+,18-14+,26-17+,38-22+/t37-,39+,41-,42-,44-,46+,47-,48-,49-,50-,51-,52-,53-,54+,60-,61-/m0/s1. The highest BCUT2D eigenvalue weighted by molar-refractivity contribution is 5.93. The van der Waals surface area contributed by atoms with E-state index in [4.69, 9.17) is 18.9 Å². The average molecular weight is 1090 g/mol. The van der Waals surface area contributed by atoms with Gasteiger partial charge in [-0.15, -0.1) is 0 Å². The fourth-order valence-corrected chi connectivity index (χ4v) is 11.6. The Bertz CT molecular complexity index is 2400. The molecule has 4 amide bonds. The van der Waals surface area contributed by atoms with Crippen LogP contribution in [0.5, 0.6) is 5.75 Å². The van der Waals surface area contributed by atoms with Gasteiger partial charge in [-0.25, -0.2) is 5.43 Å². The van der Waals surface area contributed by atoms with Gasteiger partial charge in [-0.3, -0.25) is 29.0 Å². The summed E-state index contributed by atoms with van der Waals surface area (Å²) in [5.41, 5.74) is 4.58. The van der Waals surface area contributed by atoms with E-state index in [1.165, 1.54) is 24.3 Å². The first-order valence-corrected chi connectivity index (χ1v) is 28.6. The minimum absolute atomic E-state index is 0.00123. The second-order valence-corrected chi connectivity index (χ2v) is 23.4. The predicted octanol–water partition coefficient (Wildman–Crippen LogP) is 7.17. The largest absolute Gasteiger partial charge is 0.508 e. The monoisotopic (exact) mass is 1090 g/mol. The number of hydrogen-bond acceptors (Lipinski definition) is 13. The number of carbonyl (C=O) groups is 5. The fourth-order valence-electron chi connectivity index (χ4n) is 11.6. The number of piperidine rings is 1. The summed E-state index contributed by atoms with van der Waals surface area (Å²) in [6, 6.07) is 3.30. The first-order valence-electron chi connectivity index (χ1n) is 28.6. The Morgan fingerprint density at radius 3 is 2.47 bits per heavy atom. The molecule has 2 bridgehead atoms. The van der Waals surface area contributed by atoms with E-state index in [0.717, 1.165) is 24.0 Å². The zero-order chi connectivity index (χ0) is 57.1. The van der Waals surface area contributed by atoms with Gasteiger partial charge in [-0.05, 0) is 106 Å². The van der Waals surface area contributed by atoms with Crippen LogP contribution in [0.1, 0.15) is 139 Å². The molecule has 3 fully saturated rings. The van der Waals surface area contributed by atoms with Crippen LogP contribution < -0.4 is 21.4 Å². The fraction of sp³-hybridized carbons (Fsp3) is 0.656. The van der Waals surface area contributed by atoms with E-state index in [2.05, 4.69) is 41.3 Å².